The van der Waals surface area contributed by atoms with Crippen LogP contribution in [-0.2, 0) is 21.4 Å². The highest BCUT2D eigenvalue weighted by Gasteiger charge is 2.23. The molecule has 3 rings (SSSR count). The number of anilines is 1. The van der Waals surface area contributed by atoms with Crippen molar-refractivity contribution in [2.45, 2.75) is 6.54 Å². The molecule has 162 valence electrons. The summed E-state index contributed by atoms with van der Waals surface area (Å²) in [6.45, 7) is 2.33. The van der Waals surface area contributed by atoms with E-state index in [4.69, 9.17) is 4.74 Å². The van der Waals surface area contributed by atoms with Crippen LogP contribution in [0.15, 0.2) is 48.5 Å². The highest BCUT2D eigenvalue weighted by atomic mass is 32.2. The average Bonchev–Trinajstić information content (AvgIpc) is 2.73. The van der Waals surface area contributed by atoms with Crippen LogP contribution in [0.3, 0.4) is 0 Å². The van der Waals surface area contributed by atoms with Gasteiger partial charge in [0.1, 0.15) is 11.6 Å². The number of hydrogen-bond donors (Lipinski definition) is 0. The summed E-state index contributed by atoms with van der Waals surface area (Å²) in [5.41, 5.74) is 1.38. The van der Waals surface area contributed by atoms with Crippen LogP contribution in [-0.4, -0.2) is 69.6 Å². The Balaban J connectivity index is 1.46. The second kappa shape index (κ2) is 9.44. The summed E-state index contributed by atoms with van der Waals surface area (Å²) in [6.07, 6.45) is 1.16. The standard InChI is InChI=1S/C21H26FN3O4S/c1-23(30(2,27)28)15-17-7-9-18(10-8-17)29-16-21(26)25-13-11-24(12-14-25)20-6-4-3-5-19(20)22/h3-10H,11-16H2,1-2H3. The fourth-order valence-electron chi connectivity index (χ4n) is 3.21. The molecule has 0 radical (unpaired) electrons. The number of piperazine rings is 1. The molecule has 1 heterocycles. The van der Waals surface area contributed by atoms with E-state index in [0.29, 0.717) is 37.6 Å². The number of benzene rings is 2. The van der Waals surface area contributed by atoms with Crippen molar-refractivity contribution in [1.82, 2.24) is 9.21 Å². The van der Waals surface area contributed by atoms with Gasteiger partial charge in [-0.05, 0) is 29.8 Å². The number of halogens is 1. The molecule has 1 aliphatic heterocycles. The molecular formula is C21H26FN3O4S. The summed E-state index contributed by atoms with van der Waals surface area (Å²) in [5, 5.41) is 0. The van der Waals surface area contributed by atoms with Gasteiger partial charge in [-0.1, -0.05) is 24.3 Å². The van der Waals surface area contributed by atoms with Crippen molar-refractivity contribution in [3.8, 4) is 5.75 Å². The number of ether oxygens (including phenoxy) is 1. The topological polar surface area (TPSA) is 70.2 Å². The van der Waals surface area contributed by atoms with Crippen LogP contribution in [0.4, 0.5) is 10.1 Å². The van der Waals surface area contributed by atoms with Crippen molar-refractivity contribution in [3.63, 3.8) is 0 Å². The predicted octanol–water partition coefficient (Wildman–Crippen LogP) is 1.94. The van der Waals surface area contributed by atoms with Crippen molar-refractivity contribution in [2.24, 2.45) is 0 Å². The predicted molar refractivity (Wildman–Crippen MR) is 113 cm³/mol. The number of para-hydroxylation sites is 1. The van der Waals surface area contributed by atoms with E-state index in [-0.39, 0.29) is 24.9 Å². The molecular weight excluding hydrogens is 409 g/mol. The third kappa shape index (κ3) is 5.70. The molecule has 0 N–H and O–H groups in total. The summed E-state index contributed by atoms with van der Waals surface area (Å²) in [5.74, 6) is 0.162. The SMILES string of the molecule is CN(Cc1ccc(OCC(=O)N2CCN(c3ccccc3F)CC2)cc1)S(C)(=O)=O. The van der Waals surface area contributed by atoms with E-state index in [1.165, 1.54) is 17.4 Å². The fraction of sp³-hybridized carbons (Fsp3) is 0.381. The maximum Gasteiger partial charge on any atom is 0.260 e. The van der Waals surface area contributed by atoms with Gasteiger partial charge >= 0.3 is 0 Å². The van der Waals surface area contributed by atoms with Crippen LogP contribution in [0.2, 0.25) is 0 Å². The molecule has 9 heteroatoms. The molecule has 0 aliphatic carbocycles. The second-order valence-electron chi connectivity index (χ2n) is 7.27. The first-order valence-electron chi connectivity index (χ1n) is 9.64. The summed E-state index contributed by atoms with van der Waals surface area (Å²) < 4.78 is 43.7. The van der Waals surface area contributed by atoms with Gasteiger partial charge in [0.2, 0.25) is 10.0 Å². The first-order valence-corrected chi connectivity index (χ1v) is 11.5. The van der Waals surface area contributed by atoms with Crippen LogP contribution in [0, 0.1) is 5.82 Å². The van der Waals surface area contributed by atoms with E-state index in [0.717, 1.165) is 11.8 Å². The van der Waals surface area contributed by atoms with E-state index in [2.05, 4.69) is 0 Å². The van der Waals surface area contributed by atoms with Gasteiger partial charge < -0.3 is 14.5 Å². The number of rotatable bonds is 7. The molecule has 7 nitrogen and oxygen atoms in total. The Morgan fingerprint density at radius 1 is 1.07 bits per heavy atom. The zero-order valence-electron chi connectivity index (χ0n) is 17.1. The number of nitrogens with zero attached hydrogens (tertiary/aromatic N) is 3. The zero-order valence-corrected chi connectivity index (χ0v) is 17.9. The Labute approximate surface area is 176 Å². The van der Waals surface area contributed by atoms with Crippen LogP contribution in [0.5, 0.6) is 5.75 Å². The van der Waals surface area contributed by atoms with Gasteiger partial charge in [0, 0.05) is 39.8 Å². The number of amides is 1. The molecule has 0 aromatic heterocycles. The van der Waals surface area contributed by atoms with Crippen LogP contribution in [0.1, 0.15) is 5.56 Å². The van der Waals surface area contributed by atoms with E-state index in [1.54, 1.807) is 47.4 Å². The van der Waals surface area contributed by atoms with Gasteiger partial charge in [-0.2, -0.15) is 0 Å². The van der Waals surface area contributed by atoms with Crippen molar-refractivity contribution in [3.05, 3.63) is 59.9 Å². The van der Waals surface area contributed by atoms with Gasteiger partial charge in [-0.25, -0.2) is 17.1 Å². The largest absolute Gasteiger partial charge is 0.484 e. The fourth-order valence-corrected chi connectivity index (χ4v) is 3.59. The Bertz CT molecular complexity index is 974. The minimum Gasteiger partial charge on any atom is -0.484 e. The minimum absolute atomic E-state index is 0.0811. The van der Waals surface area contributed by atoms with Gasteiger partial charge in [-0.3, -0.25) is 4.79 Å². The van der Waals surface area contributed by atoms with Crippen molar-refractivity contribution >= 4 is 21.6 Å². The summed E-state index contributed by atoms with van der Waals surface area (Å²) in [6, 6.07) is 13.6. The van der Waals surface area contributed by atoms with Gasteiger partial charge in [0.25, 0.3) is 5.91 Å². The molecule has 30 heavy (non-hydrogen) atoms. The van der Waals surface area contributed by atoms with Crippen molar-refractivity contribution in [1.29, 1.82) is 0 Å². The maximum atomic E-state index is 13.9. The Morgan fingerprint density at radius 2 is 1.70 bits per heavy atom. The molecule has 0 spiro atoms. The lowest BCUT2D eigenvalue weighted by molar-refractivity contribution is -0.133. The number of carbonyl (C=O) groups is 1. The summed E-state index contributed by atoms with van der Waals surface area (Å²) in [4.78, 5) is 16.1. The average molecular weight is 436 g/mol. The molecule has 1 saturated heterocycles. The highest BCUT2D eigenvalue weighted by Crippen LogP contribution is 2.20. The van der Waals surface area contributed by atoms with Crippen molar-refractivity contribution < 1.29 is 22.3 Å². The maximum absolute atomic E-state index is 13.9. The van der Waals surface area contributed by atoms with E-state index in [9.17, 15) is 17.6 Å². The van der Waals surface area contributed by atoms with Crippen molar-refractivity contribution in [2.75, 3.05) is 51.0 Å². The van der Waals surface area contributed by atoms with Gasteiger partial charge in [0.05, 0.1) is 11.9 Å². The second-order valence-corrected chi connectivity index (χ2v) is 9.36. The number of carbonyl (C=O) groups excluding carboxylic acids is 1. The third-order valence-corrected chi connectivity index (χ3v) is 6.34. The summed E-state index contributed by atoms with van der Waals surface area (Å²) >= 11 is 0. The van der Waals surface area contributed by atoms with Crippen LogP contribution < -0.4 is 9.64 Å². The molecule has 1 fully saturated rings. The smallest absolute Gasteiger partial charge is 0.260 e. The normalized spacial score (nSPS) is 14.8. The minimum atomic E-state index is -3.24. The van der Waals surface area contributed by atoms with Crippen LogP contribution in [0.25, 0.3) is 0 Å². The lowest BCUT2D eigenvalue weighted by Crippen LogP contribution is -2.50. The Kier molecular flexibility index (Phi) is 6.94. The first-order chi connectivity index (χ1) is 14.2. The molecule has 0 saturated carbocycles. The quantitative estimate of drug-likeness (QED) is 0.665. The molecule has 0 unspecified atom stereocenters. The zero-order chi connectivity index (χ0) is 21.7. The number of sulfonamides is 1. The number of hydrogen-bond acceptors (Lipinski definition) is 5. The van der Waals surface area contributed by atoms with E-state index < -0.39 is 10.0 Å². The third-order valence-electron chi connectivity index (χ3n) is 5.08. The highest BCUT2D eigenvalue weighted by molar-refractivity contribution is 7.88. The molecule has 2 aromatic carbocycles. The molecule has 2 aromatic rings. The summed E-state index contributed by atoms with van der Waals surface area (Å²) in [7, 11) is -1.72. The van der Waals surface area contributed by atoms with Gasteiger partial charge in [0.15, 0.2) is 6.61 Å². The first kappa shape index (κ1) is 22.0. The Hall–Kier alpha value is -2.65. The van der Waals surface area contributed by atoms with E-state index in [1.807, 2.05) is 4.90 Å². The molecule has 1 aliphatic rings. The lowest BCUT2D eigenvalue weighted by atomic mass is 10.2. The molecule has 0 atom stereocenters. The van der Waals surface area contributed by atoms with Crippen LogP contribution >= 0.6 is 0 Å². The van der Waals surface area contributed by atoms with E-state index >= 15 is 0 Å². The Morgan fingerprint density at radius 3 is 2.30 bits per heavy atom. The van der Waals surface area contributed by atoms with Gasteiger partial charge in [-0.15, -0.1) is 0 Å². The lowest BCUT2D eigenvalue weighted by Gasteiger charge is -2.36. The monoisotopic (exact) mass is 435 g/mol. The molecule has 1 amide bonds. The molecule has 0 bridgehead atoms.